The van der Waals surface area contributed by atoms with E-state index in [1.54, 1.807) is 30.0 Å². The summed E-state index contributed by atoms with van der Waals surface area (Å²) in [5, 5.41) is 7.27. The zero-order valence-corrected chi connectivity index (χ0v) is 21.0. The fourth-order valence-corrected chi connectivity index (χ4v) is 4.56. The first-order chi connectivity index (χ1) is 17.7. The number of aromatic nitrogens is 2. The highest BCUT2D eigenvalue weighted by molar-refractivity contribution is 6.31. The van der Waals surface area contributed by atoms with Gasteiger partial charge in [0.25, 0.3) is 5.89 Å². The van der Waals surface area contributed by atoms with Crippen molar-refractivity contribution in [3.63, 3.8) is 0 Å². The lowest BCUT2D eigenvalue weighted by molar-refractivity contribution is -0.129. The first-order valence-electron chi connectivity index (χ1n) is 11.6. The summed E-state index contributed by atoms with van der Waals surface area (Å²) >= 11 is 6.28. The summed E-state index contributed by atoms with van der Waals surface area (Å²) in [7, 11) is 1.90. The lowest BCUT2D eigenvalue weighted by Gasteiger charge is -2.39. The second-order valence-electron chi connectivity index (χ2n) is 8.77. The Balaban J connectivity index is 1.56. The number of anilines is 2. The Kier molecular flexibility index (Phi) is 8.01. The van der Waals surface area contributed by atoms with Crippen molar-refractivity contribution in [2.45, 2.75) is 38.8 Å². The van der Waals surface area contributed by atoms with Gasteiger partial charge in [0.1, 0.15) is 5.82 Å². The Bertz CT molecular complexity index is 1280. The van der Waals surface area contributed by atoms with Gasteiger partial charge in [-0.2, -0.15) is 8.78 Å². The maximum absolute atomic E-state index is 15.0. The van der Waals surface area contributed by atoms with E-state index in [-0.39, 0.29) is 35.5 Å². The largest absolute Gasteiger partial charge is 0.415 e. The number of amides is 2. The standard InChI is InChI=1S/C25H25ClF3N5O3/c1-15(36)33-9-7-19(8-10-33)32(2)22-12-18(26)5-6-21(22)34(14-35)13-17-4-3-16(11-20(17)27)24-30-31-25(37-24)23(28)29/h3-6,11-12,14,19,23H,7-10,13H2,1-2H3. The zero-order valence-electron chi connectivity index (χ0n) is 20.2. The highest BCUT2D eigenvalue weighted by Gasteiger charge is 2.26. The van der Waals surface area contributed by atoms with E-state index in [0.29, 0.717) is 35.9 Å². The Morgan fingerprint density at radius 2 is 1.92 bits per heavy atom. The number of hydrogen-bond donors (Lipinski definition) is 0. The number of nitrogens with zero attached hydrogens (tertiary/aromatic N) is 5. The first-order valence-corrected chi connectivity index (χ1v) is 12.0. The highest BCUT2D eigenvalue weighted by Crippen LogP contribution is 2.35. The van der Waals surface area contributed by atoms with Gasteiger partial charge in [-0.05, 0) is 43.2 Å². The van der Waals surface area contributed by atoms with Gasteiger partial charge in [0, 0.05) is 49.3 Å². The number of likely N-dealkylation sites (tertiary alicyclic amines) is 1. The molecular weight excluding hydrogens is 511 g/mol. The minimum atomic E-state index is -2.93. The van der Waals surface area contributed by atoms with Gasteiger partial charge in [-0.3, -0.25) is 9.59 Å². The molecule has 2 aromatic carbocycles. The van der Waals surface area contributed by atoms with E-state index in [2.05, 4.69) is 10.2 Å². The molecule has 2 heterocycles. The van der Waals surface area contributed by atoms with Crippen molar-refractivity contribution in [2.24, 2.45) is 0 Å². The van der Waals surface area contributed by atoms with Gasteiger partial charge in [-0.1, -0.05) is 17.7 Å². The fourth-order valence-electron chi connectivity index (χ4n) is 4.40. The molecule has 0 saturated carbocycles. The van der Waals surface area contributed by atoms with Crippen LogP contribution in [0.25, 0.3) is 11.5 Å². The summed E-state index contributed by atoms with van der Waals surface area (Å²) in [5.74, 6) is -1.71. The average Bonchev–Trinajstić information content (AvgIpc) is 3.39. The van der Waals surface area contributed by atoms with Gasteiger partial charge in [0.15, 0.2) is 0 Å². The molecule has 1 aliphatic heterocycles. The predicted octanol–water partition coefficient (Wildman–Crippen LogP) is 5.08. The molecule has 37 heavy (non-hydrogen) atoms. The van der Waals surface area contributed by atoms with E-state index in [4.69, 9.17) is 16.0 Å². The predicted molar refractivity (Wildman–Crippen MR) is 132 cm³/mol. The summed E-state index contributed by atoms with van der Waals surface area (Å²) < 4.78 is 45.3. The van der Waals surface area contributed by atoms with Crippen molar-refractivity contribution in [1.82, 2.24) is 15.1 Å². The van der Waals surface area contributed by atoms with Crippen molar-refractivity contribution in [2.75, 3.05) is 29.9 Å². The molecule has 12 heteroatoms. The van der Waals surface area contributed by atoms with E-state index >= 15 is 0 Å². The van der Waals surface area contributed by atoms with Crippen molar-refractivity contribution in [1.29, 1.82) is 0 Å². The van der Waals surface area contributed by atoms with Crippen molar-refractivity contribution in [3.8, 4) is 11.5 Å². The van der Waals surface area contributed by atoms with Crippen LogP contribution in [-0.2, 0) is 16.1 Å². The van der Waals surface area contributed by atoms with E-state index < -0.39 is 18.1 Å². The van der Waals surface area contributed by atoms with Gasteiger partial charge >= 0.3 is 6.43 Å². The number of rotatable bonds is 8. The Labute approximate surface area is 216 Å². The average molecular weight is 536 g/mol. The van der Waals surface area contributed by atoms with Crippen LogP contribution in [0.1, 0.15) is 37.6 Å². The van der Waals surface area contributed by atoms with E-state index in [1.165, 1.54) is 17.0 Å². The molecule has 0 spiro atoms. The maximum atomic E-state index is 15.0. The second-order valence-corrected chi connectivity index (χ2v) is 9.20. The van der Waals surface area contributed by atoms with Gasteiger partial charge in [0.05, 0.1) is 17.9 Å². The quantitative estimate of drug-likeness (QED) is 0.374. The molecule has 8 nitrogen and oxygen atoms in total. The van der Waals surface area contributed by atoms with Crippen LogP contribution in [0.2, 0.25) is 5.02 Å². The summed E-state index contributed by atoms with van der Waals surface area (Å²) in [6, 6.07) is 9.21. The Hall–Kier alpha value is -3.60. The number of carbonyl (C=O) groups is 2. The highest BCUT2D eigenvalue weighted by atomic mass is 35.5. The number of alkyl halides is 2. The monoisotopic (exact) mass is 535 g/mol. The number of carbonyl (C=O) groups excluding carboxylic acids is 2. The van der Waals surface area contributed by atoms with Crippen molar-refractivity contribution < 1.29 is 27.2 Å². The molecule has 2 amide bonds. The van der Waals surface area contributed by atoms with Gasteiger partial charge in [-0.25, -0.2) is 4.39 Å². The Morgan fingerprint density at radius 3 is 2.51 bits per heavy atom. The molecule has 0 bridgehead atoms. The van der Waals surface area contributed by atoms with Crippen LogP contribution in [0, 0.1) is 5.82 Å². The van der Waals surface area contributed by atoms with Gasteiger partial charge in [0.2, 0.25) is 18.2 Å². The molecule has 1 fully saturated rings. The summed E-state index contributed by atoms with van der Waals surface area (Å²) in [4.78, 5) is 29.0. The van der Waals surface area contributed by atoms with Crippen molar-refractivity contribution >= 4 is 35.3 Å². The van der Waals surface area contributed by atoms with Crippen LogP contribution in [-0.4, -0.2) is 53.6 Å². The van der Waals surface area contributed by atoms with Crippen LogP contribution >= 0.6 is 11.6 Å². The molecule has 0 N–H and O–H groups in total. The number of piperidine rings is 1. The van der Waals surface area contributed by atoms with Crippen molar-refractivity contribution in [3.05, 3.63) is 58.7 Å². The van der Waals surface area contributed by atoms with E-state index in [1.807, 2.05) is 11.9 Å². The smallest absolute Gasteiger partial charge is 0.314 e. The minimum absolute atomic E-state index is 0.0401. The summed E-state index contributed by atoms with van der Waals surface area (Å²) in [5.41, 5.74) is 1.58. The lowest BCUT2D eigenvalue weighted by Crippen LogP contribution is -2.45. The zero-order chi connectivity index (χ0) is 26.7. The summed E-state index contributed by atoms with van der Waals surface area (Å²) in [6.45, 7) is 2.73. The molecule has 0 aliphatic carbocycles. The van der Waals surface area contributed by atoms with Crippen LogP contribution in [0.3, 0.4) is 0 Å². The van der Waals surface area contributed by atoms with E-state index in [9.17, 15) is 22.8 Å². The lowest BCUT2D eigenvalue weighted by atomic mass is 10.0. The maximum Gasteiger partial charge on any atom is 0.314 e. The molecule has 0 unspecified atom stereocenters. The summed E-state index contributed by atoms with van der Waals surface area (Å²) in [6.07, 6.45) is -0.816. The molecular formula is C25H25ClF3N5O3. The number of halogens is 4. The minimum Gasteiger partial charge on any atom is -0.415 e. The normalized spacial score (nSPS) is 14.2. The van der Waals surface area contributed by atoms with Crippen LogP contribution < -0.4 is 9.80 Å². The third-order valence-electron chi connectivity index (χ3n) is 6.48. The first kappa shape index (κ1) is 26.5. The molecule has 196 valence electrons. The van der Waals surface area contributed by atoms with Gasteiger partial charge < -0.3 is 19.1 Å². The topological polar surface area (TPSA) is 82.8 Å². The molecule has 1 saturated heterocycles. The molecule has 4 rings (SSSR count). The van der Waals surface area contributed by atoms with Gasteiger partial charge in [-0.15, -0.1) is 10.2 Å². The fraction of sp³-hybridized carbons (Fsp3) is 0.360. The second kappa shape index (κ2) is 11.2. The third-order valence-corrected chi connectivity index (χ3v) is 6.71. The van der Waals surface area contributed by atoms with Crippen LogP contribution in [0.4, 0.5) is 24.5 Å². The third kappa shape index (κ3) is 5.87. The van der Waals surface area contributed by atoms with E-state index in [0.717, 1.165) is 18.9 Å². The molecule has 1 aromatic heterocycles. The number of benzene rings is 2. The molecule has 0 radical (unpaired) electrons. The SMILES string of the molecule is CC(=O)N1CCC(N(C)c2cc(Cl)ccc2N(C=O)Cc2ccc(-c3nnc(C(F)F)o3)cc2F)CC1. The molecule has 3 aromatic rings. The van der Waals surface area contributed by atoms with Crippen LogP contribution in [0.15, 0.2) is 40.8 Å². The molecule has 0 atom stereocenters. The number of hydrogen-bond acceptors (Lipinski definition) is 6. The Morgan fingerprint density at radius 1 is 1.19 bits per heavy atom. The molecule has 1 aliphatic rings. The van der Waals surface area contributed by atoms with Crippen LogP contribution in [0.5, 0.6) is 0 Å².